The fourth-order valence-electron chi connectivity index (χ4n) is 5.83. The van der Waals surface area contributed by atoms with Crippen LogP contribution in [0.1, 0.15) is 52.9 Å². The van der Waals surface area contributed by atoms with E-state index in [-0.39, 0.29) is 28.7 Å². The highest BCUT2D eigenvalue weighted by Gasteiger charge is 2.55. The van der Waals surface area contributed by atoms with Crippen LogP contribution in [-0.4, -0.2) is 34.2 Å². The molecule has 4 aliphatic rings. The molecule has 4 bridgehead atoms. The van der Waals surface area contributed by atoms with Crippen molar-refractivity contribution in [1.82, 2.24) is 15.3 Å². The lowest BCUT2D eigenvalue weighted by atomic mass is 9.48. The third-order valence-corrected chi connectivity index (χ3v) is 6.61. The van der Waals surface area contributed by atoms with Gasteiger partial charge in [0, 0.05) is 12.6 Å². The van der Waals surface area contributed by atoms with E-state index in [9.17, 15) is 9.18 Å². The van der Waals surface area contributed by atoms with E-state index in [1.165, 1.54) is 0 Å². The zero-order chi connectivity index (χ0) is 20.1. The van der Waals surface area contributed by atoms with Crippen molar-refractivity contribution in [2.24, 2.45) is 23.2 Å². The molecule has 1 aromatic rings. The Labute approximate surface area is 170 Å². The molecule has 1 amide bonds. The van der Waals surface area contributed by atoms with Crippen molar-refractivity contribution < 1.29 is 13.9 Å². The highest BCUT2D eigenvalue weighted by molar-refractivity contribution is 6.28. The Balaban J connectivity index is 1.42. The number of halogens is 2. The highest BCUT2D eigenvalue weighted by atomic mass is 35.5. The molecule has 4 fully saturated rings. The van der Waals surface area contributed by atoms with E-state index >= 15 is 0 Å². The average Bonchev–Trinajstić information content (AvgIpc) is 2.57. The summed E-state index contributed by atoms with van der Waals surface area (Å²) in [4.78, 5) is 19.9. The summed E-state index contributed by atoms with van der Waals surface area (Å²) >= 11 is 5.80. The van der Waals surface area contributed by atoms with Crippen molar-refractivity contribution in [3.05, 3.63) is 17.3 Å². The molecule has 0 spiro atoms. The Morgan fingerprint density at radius 1 is 1.32 bits per heavy atom. The van der Waals surface area contributed by atoms with Crippen LogP contribution in [0.25, 0.3) is 0 Å². The lowest BCUT2D eigenvalue weighted by Gasteiger charge is -2.60. The zero-order valence-corrected chi connectivity index (χ0v) is 17.4. The van der Waals surface area contributed by atoms with Crippen LogP contribution in [-0.2, 0) is 4.74 Å². The summed E-state index contributed by atoms with van der Waals surface area (Å²) in [7, 11) is 0. The molecule has 154 valence electrons. The van der Waals surface area contributed by atoms with Crippen LogP contribution in [0.2, 0.25) is 5.28 Å². The molecule has 1 unspecified atom stereocenters. The SMILES string of the molecule is CC(C)(C)OC(=O)N[C@@H]1[C@@H]2CC3C[C@H]1C[C@@](CNc1nc(Cl)ncc1F)(C3)C2. The van der Waals surface area contributed by atoms with Crippen LogP contribution in [0.4, 0.5) is 15.0 Å². The first-order chi connectivity index (χ1) is 13.1. The minimum absolute atomic E-state index is 0.0380. The van der Waals surface area contributed by atoms with Crippen molar-refractivity contribution >= 4 is 23.5 Å². The first kappa shape index (κ1) is 19.7. The largest absolute Gasteiger partial charge is 0.444 e. The molecule has 0 aliphatic heterocycles. The van der Waals surface area contributed by atoms with Gasteiger partial charge >= 0.3 is 6.09 Å². The fourth-order valence-corrected chi connectivity index (χ4v) is 5.96. The van der Waals surface area contributed by atoms with Crippen molar-refractivity contribution in [2.45, 2.75) is 64.5 Å². The molecule has 4 aliphatic carbocycles. The van der Waals surface area contributed by atoms with Crippen molar-refractivity contribution in [3.8, 4) is 0 Å². The lowest BCUT2D eigenvalue weighted by Crippen LogP contribution is -2.60. The van der Waals surface area contributed by atoms with Gasteiger partial charge in [-0.25, -0.2) is 14.2 Å². The molecule has 5 rings (SSSR count). The van der Waals surface area contributed by atoms with Crippen LogP contribution in [0, 0.1) is 29.0 Å². The number of anilines is 1. The second kappa shape index (κ2) is 7.01. The molecule has 0 aromatic carbocycles. The van der Waals surface area contributed by atoms with E-state index in [2.05, 4.69) is 20.6 Å². The van der Waals surface area contributed by atoms with Gasteiger partial charge in [-0.05, 0) is 87.6 Å². The molecular weight excluding hydrogens is 383 g/mol. The van der Waals surface area contributed by atoms with Gasteiger partial charge in [-0.1, -0.05) is 0 Å². The molecule has 0 saturated heterocycles. The molecule has 6 nitrogen and oxygen atoms in total. The van der Waals surface area contributed by atoms with Gasteiger partial charge in [0.1, 0.15) is 5.60 Å². The number of amides is 1. The smallest absolute Gasteiger partial charge is 0.407 e. The van der Waals surface area contributed by atoms with E-state index in [0.717, 1.165) is 38.3 Å². The first-order valence-corrected chi connectivity index (χ1v) is 10.4. The second-order valence-electron chi connectivity index (χ2n) is 9.83. The third kappa shape index (κ3) is 4.04. The number of ether oxygens (including phenoxy) is 1. The van der Waals surface area contributed by atoms with E-state index in [0.29, 0.717) is 24.3 Å². The van der Waals surface area contributed by atoms with Crippen LogP contribution in [0.3, 0.4) is 0 Å². The number of alkyl carbamates (subject to hydrolysis) is 1. The van der Waals surface area contributed by atoms with E-state index in [1.54, 1.807) is 0 Å². The number of hydrogen-bond acceptors (Lipinski definition) is 5. The van der Waals surface area contributed by atoms with Crippen LogP contribution < -0.4 is 10.6 Å². The Bertz CT molecular complexity index is 753. The Morgan fingerprint density at radius 3 is 2.64 bits per heavy atom. The van der Waals surface area contributed by atoms with Crippen LogP contribution >= 0.6 is 11.6 Å². The van der Waals surface area contributed by atoms with Crippen molar-refractivity contribution in [1.29, 1.82) is 0 Å². The maximum absolute atomic E-state index is 14.0. The van der Waals surface area contributed by atoms with Gasteiger partial charge in [-0.15, -0.1) is 0 Å². The van der Waals surface area contributed by atoms with Gasteiger partial charge in [-0.2, -0.15) is 4.98 Å². The highest BCUT2D eigenvalue weighted by Crippen LogP contribution is 2.60. The maximum Gasteiger partial charge on any atom is 0.407 e. The molecule has 5 atom stereocenters. The van der Waals surface area contributed by atoms with E-state index < -0.39 is 11.4 Å². The Hall–Kier alpha value is -1.63. The van der Waals surface area contributed by atoms with Crippen LogP contribution in [0.5, 0.6) is 0 Å². The lowest BCUT2D eigenvalue weighted by molar-refractivity contribution is -0.0703. The summed E-state index contributed by atoms with van der Waals surface area (Å²) in [5.41, 5.74) is -0.378. The molecule has 1 heterocycles. The molecule has 2 N–H and O–H groups in total. The third-order valence-electron chi connectivity index (χ3n) is 6.43. The summed E-state index contributed by atoms with van der Waals surface area (Å²) in [6.07, 6.45) is 6.25. The molecular formula is C20H28ClFN4O2. The predicted molar refractivity (Wildman–Crippen MR) is 105 cm³/mol. The van der Waals surface area contributed by atoms with Gasteiger partial charge in [0.25, 0.3) is 0 Å². The van der Waals surface area contributed by atoms with Gasteiger partial charge in [-0.3, -0.25) is 0 Å². The first-order valence-electron chi connectivity index (χ1n) is 10.0. The topological polar surface area (TPSA) is 76.1 Å². The molecule has 28 heavy (non-hydrogen) atoms. The molecule has 0 radical (unpaired) electrons. The van der Waals surface area contributed by atoms with E-state index in [4.69, 9.17) is 16.3 Å². The minimum Gasteiger partial charge on any atom is -0.444 e. The van der Waals surface area contributed by atoms with Gasteiger partial charge in [0.05, 0.1) is 6.20 Å². The normalized spacial score (nSPS) is 33.6. The van der Waals surface area contributed by atoms with Gasteiger partial charge in [0.15, 0.2) is 11.6 Å². The quantitative estimate of drug-likeness (QED) is 0.719. The molecule has 4 saturated carbocycles. The van der Waals surface area contributed by atoms with Crippen molar-refractivity contribution in [2.75, 3.05) is 11.9 Å². The Morgan fingerprint density at radius 2 is 2.00 bits per heavy atom. The monoisotopic (exact) mass is 410 g/mol. The Kier molecular flexibility index (Phi) is 4.92. The number of carbonyl (C=O) groups excluding carboxylic acids is 1. The summed E-state index contributed by atoms with van der Waals surface area (Å²) in [5.74, 6) is 1.24. The number of nitrogens with zero attached hydrogens (tertiary/aromatic N) is 2. The summed E-state index contributed by atoms with van der Waals surface area (Å²) in [6.45, 7) is 6.30. The minimum atomic E-state index is -0.496. The average molecular weight is 411 g/mol. The number of rotatable bonds is 4. The van der Waals surface area contributed by atoms with E-state index in [1.807, 2.05) is 20.8 Å². The summed E-state index contributed by atoms with van der Waals surface area (Å²) in [6, 6.07) is 0.171. The number of carbonyl (C=O) groups is 1. The standard InChI is InChI=1S/C20H28ClFN4O2/c1-19(2,3)28-18(27)25-15-12-4-11-5-13(15)8-20(6-11,7-12)10-24-16-14(22)9-23-17(21)26-16/h9,11-13,15H,4-8,10H2,1-3H3,(H,25,27)(H,23,24,26)/t11?,12-,13+,15-,20-. The fraction of sp³-hybridized carbons (Fsp3) is 0.750. The number of hydrogen-bond donors (Lipinski definition) is 2. The molecule has 1 aromatic heterocycles. The number of nitrogens with one attached hydrogen (secondary N) is 2. The van der Waals surface area contributed by atoms with Gasteiger partial charge < -0.3 is 15.4 Å². The van der Waals surface area contributed by atoms with Crippen molar-refractivity contribution in [3.63, 3.8) is 0 Å². The summed E-state index contributed by atoms with van der Waals surface area (Å²) in [5, 5.41) is 6.36. The second-order valence-corrected chi connectivity index (χ2v) is 10.2. The predicted octanol–water partition coefficient (Wildman–Crippen LogP) is 4.40. The number of aromatic nitrogens is 2. The zero-order valence-electron chi connectivity index (χ0n) is 16.6. The maximum atomic E-state index is 14.0. The van der Waals surface area contributed by atoms with Gasteiger partial charge in [0.2, 0.25) is 5.28 Å². The summed E-state index contributed by atoms with van der Waals surface area (Å²) < 4.78 is 19.4. The molecule has 8 heteroatoms. The van der Waals surface area contributed by atoms with Crippen LogP contribution in [0.15, 0.2) is 6.20 Å².